The number of nitrogens with two attached hydrogens (primary N) is 1. The van der Waals surface area contributed by atoms with E-state index >= 15 is 0 Å². The van der Waals surface area contributed by atoms with Crippen LogP contribution in [0.2, 0.25) is 0 Å². The van der Waals surface area contributed by atoms with Gasteiger partial charge in [-0.25, -0.2) is 13.6 Å². The van der Waals surface area contributed by atoms with Crippen LogP contribution in [-0.4, -0.2) is 36.9 Å². The first-order valence-electron chi connectivity index (χ1n) is 11.2. The molecule has 2 aromatic rings. The van der Waals surface area contributed by atoms with E-state index in [2.05, 4.69) is 20.8 Å². The summed E-state index contributed by atoms with van der Waals surface area (Å²) in [6.45, 7) is 1.90. The first-order valence-corrected chi connectivity index (χ1v) is 12.7. The number of hydrogen-bond donors (Lipinski definition) is 3. The average Bonchev–Trinajstić information content (AvgIpc) is 3.12. The van der Waals surface area contributed by atoms with E-state index in [1.54, 1.807) is 12.1 Å². The van der Waals surface area contributed by atoms with Crippen LogP contribution in [0.25, 0.3) is 0 Å². The number of carbonyl (C=O) groups excluding carboxylic acids is 2. The third kappa shape index (κ3) is 7.10. The number of primary sulfonamides is 1. The minimum absolute atomic E-state index is 0.0540. The molecule has 0 aliphatic heterocycles. The molecule has 1 fully saturated rings. The number of nitrogens with one attached hydrogen (secondary N) is 2. The molecule has 33 heavy (non-hydrogen) atoms. The summed E-state index contributed by atoms with van der Waals surface area (Å²) in [7, 11) is -3.71. The summed E-state index contributed by atoms with van der Waals surface area (Å²) < 4.78 is 28.0. The van der Waals surface area contributed by atoms with E-state index < -0.39 is 15.6 Å². The molecule has 1 heterocycles. The van der Waals surface area contributed by atoms with Crippen molar-refractivity contribution in [3.05, 3.63) is 41.5 Å². The van der Waals surface area contributed by atoms with Crippen LogP contribution in [0.1, 0.15) is 69.1 Å². The normalized spacial score (nSPS) is 16.1. The van der Waals surface area contributed by atoms with Crippen LogP contribution < -0.4 is 15.8 Å². The van der Waals surface area contributed by atoms with Gasteiger partial charge in [0.1, 0.15) is 5.54 Å². The second kappa shape index (κ2) is 10.9. The Morgan fingerprint density at radius 1 is 1.09 bits per heavy atom. The molecular weight excluding hydrogens is 446 g/mol. The van der Waals surface area contributed by atoms with Gasteiger partial charge in [-0.15, -0.1) is 0 Å². The van der Waals surface area contributed by atoms with Crippen LogP contribution in [-0.2, 0) is 38.0 Å². The lowest BCUT2D eigenvalue weighted by atomic mass is 9.89. The minimum Gasteiger partial charge on any atom is -0.356 e. The van der Waals surface area contributed by atoms with Gasteiger partial charge < -0.3 is 15.2 Å². The Labute approximate surface area is 193 Å². The smallest absolute Gasteiger partial charge is 0.238 e. The summed E-state index contributed by atoms with van der Waals surface area (Å²) in [6.07, 6.45) is 6.78. The number of aromatic nitrogens is 2. The van der Waals surface area contributed by atoms with Crippen molar-refractivity contribution in [1.82, 2.24) is 20.8 Å². The fourth-order valence-electron chi connectivity index (χ4n) is 4.13. The van der Waals surface area contributed by atoms with E-state index in [0.29, 0.717) is 31.1 Å². The zero-order chi connectivity index (χ0) is 23.9. The van der Waals surface area contributed by atoms with Crippen LogP contribution >= 0.6 is 0 Å². The molecule has 2 amide bonds. The fourth-order valence-corrected chi connectivity index (χ4v) is 4.64. The Balaban J connectivity index is 1.49. The molecule has 0 saturated heterocycles. The van der Waals surface area contributed by atoms with E-state index in [4.69, 9.17) is 9.66 Å². The molecule has 0 spiro atoms. The summed E-state index contributed by atoms with van der Waals surface area (Å²) >= 11 is 0. The number of rotatable bonds is 9. The third-order valence-corrected chi connectivity index (χ3v) is 6.75. The molecule has 11 heteroatoms. The fraction of sp³-hybridized carbons (Fsp3) is 0.545. The highest BCUT2D eigenvalue weighted by molar-refractivity contribution is 7.89. The standard InChI is InChI=1S/C22H31N5O5S/c1-16(28)26-22(13-4-2-3-5-14-22)21-25-20(32-27-21)11-10-19(29)24-15-12-17-6-8-18(9-7-17)33(23,30)31/h6-9H,2-5,10-15H2,1H3,(H,24,29)(H,26,28)(H2,23,30,31). The van der Waals surface area contributed by atoms with Crippen molar-refractivity contribution >= 4 is 21.8 Å². The Morgan fingerprint density at radius 2 is 1.76 bits per heavy atom. The van der Waals surface area contributed by atoms with Crippen molar-refractivity contribution in [3.63, 3.8) is 0 Å². The first kappa shape index (κ1) is 24.8. The van der Waals surface area contributed by atoms with Crippen LogP contribution in [0.15, 0.2) is 33.7 Å². The average molecular weight is 478 g/mol. The highest BCUT2D eigenvalue weighted by Gasteiger charge is 2.38. The number of nitrogens with zero attached hydrogens (tertiary/aromatic N) is 2. The van der Waals surface area contributed by atoms with E-state index in [-0.39, 0.29) is 23.1 Å². The van der Waals surface area contributed by atoms with Crippen molar-refractivity contribution in [1.29, 1.82) is 0 Å². The number of benzene rings is 1. The predicted octanol–water partition coefficient (Wildman–Crippen LogP) is 1.69. The summed E-state index contributed by atoms with van der Waals surface area (Å²) in [5.74, 6) is 0.578. The second-order valence-corrected chi connectivity index (χ2v) is 10.0. The number of aryl methyl sites for hydroxylation is 1. The van der Waals surface area contributed by atoms with Crippen LogP contribution in [0.4, 0.5) is 0 Å². The van der Waals surface area contributed by atoms with Crippen molar-refractivity contribution in [2.75, 3.05) is 6.54 Å². The van der Waals surface area contributed by atoms with E-state index in [9.17, 15) is 18.0 Å². The SMILES string of the molecule is CC(=O)NC1(c2noc(CCC(=O)NCCc3ccc(S(N)(=O)=O)cc3)n2)CCCCCC1. The van der Waals surface area contributed by atoms with Crippen LogP contribution in [0.5, 0.6) is 0 Å². The van der Waals surface area contributed by atoms with Crippen LogP contribution in [0.3, 0.4) is 0 Å². The van der Waals surface area contributed by atoms with Gasteiger partial charge in [0.25, 0.3) is 0 Å². The maximum atomic E-state index is 12.2. The molecule has 0 bridgehead atoms. The molecule has 3 rings (SSSR count). The summed E-state index contributed by atoms with van der Waals surface area (Å²) in [6, 6.07) is 6.23. The third-order valence-electron chi connectivity index (χ3n) is 5.82. The maximum Gasteiger partial charge on any atom is 0.238 e. The zero-order valence-electron chi connectivity index (χ0n) is 18.8. The molecule has 0 unspecified atom stereocenters. The largest absolute Gasteiger partial charge is 0.356 e. The van der Waals surface area contributed by atoms with Gasteiger partial charge in [-0.2, -0.15) is 4.98 Å². The van der Waals surface area contributed by atoms with Gasteiger partial charge in [0, 0.05) is 26.3 Å². The molecule has 1 aliphatic rings. The Hall–Kier alpha value is -2.79. The lowest BCUT2D eigenvalue weighted by Gasteiger charge is -2.30. The quantitative estimate of drug-likeness (QED) is 0.464. The van der Waals surface area contributed by atoms with Gasteiger partial charge in [0.15, 0.2) is 5.82 Å². The van der Waals surface area contributed by atoms with Crippen molar-refractivity contribution < 1.29 is 22.5 Å². The molecular formula is C22H31N5O5S. The highest BCUT2D eigenvalue weighted by Crippen LogP contribution is 2.34. The van der Waals surface area contributed by atoms with Crippen molar-refractivity contribution in [3.8, 4) is 0 Å². The molecule has 1 aliphatic carbocycles. The Morgan fingerprint density at radius 3 is 2.36 bits per heavy atom. The monoisotopic (exact) mass is 477 g/mol. The predicted molar refractivity (Wildman–Crippen MR) is 120 cm³/mol. The van der Waals surface area contributed by atoms with Gasteiger partial charge in [-0.3, -0.25) is 9.59 Å². The molecule has 0 radical (unpaired) electrons. The molecule has 10 nitrogen and oxygen atoms in total. The zero-order valence-corrected chi connectivity index (χ0v) is 19.6. The number of carbonyl (C=O) groups is 2. The molecule has 0 atom stereocenters. The van der Waals surface area contributed by atoms with Crippen molar-refractivity contribution in [2.24, 2.45) is 5.14 Å². The highest BCUT2D eigenvalue weighted by atomic mass is 32.2. The topological polar surface area (TPSA) is 157 Å². The summed E-state index contributed by atoms with van der Waals surface area (Å²) in [5.41, 5.74) is 0.279. The van der Waals surface area contributed by atoms with Gasteiger partial charge in [0.05, 0.1) is 4.90 Å². The van der Waals surface area contributed by atoms with Gasteiger partial charge in [-0.05, 0) is 37.0 Å². The van der Waals surface area contributed by atoms with E-state index in [0.717, 1.165) is 44.1 Å². The van der Waals surface area contributed by atoms with Crippen molar-refractivity contribution in [2.45, 2.75) is 75.1 Å². The second-order valence-electron chi connectivity index (χ2n) is 8.48. The van der Waals surface area contributed by atoms with E-state index in [1.807, 2.05) is 0 Å². The number of hydrogen-bond acceptors (Lipinski definition) is 7. The molecule has 1 aromatic carbocycles. The minimum atomic E-state index is -3.71. The van der Waals surface area contributed by atoms with Gasteiger partial charge >= 0.3 is 0 Å². The summed E-state index contributed by atoms with van der Waals surface area (Å²) in [5, 5.41) is 15.1. The molecule has 180 valence electrons. The number of sulfonamides is 1. The van der Waals surface area contributed by atoms with Crippen LogP contribution in [0, 0.1) is 0 Å². The molecule has 4 N–H and O–H groups in total. The Bertz CT molecular complexity index is 1060. The van der Waals surface area contributed by atoms with E-state index in [1.165, 1.54) is 19.1 Å². The van der Waals surface area contributed by atoms with Gasteiger partial charge in [-0.1, -0.05) is 43.0 Å². The Kier molecular flexibility index (Phi) is 8.20. The molecule has 1 saturated carbocycles. The maximum absolute atomic E-state index is 12.2. The lowest BCUT2D eigenvalue weighted by molar-refractivity contribution is -0.122. The first-order chi connectivity index (χ1) is 15.7. The number of amides is 2. The summed E-state index contributed by atoms with van der Waals surface area (Å²) in [4.78, 5) is 28.6. The lowest BCUT2D eigenvalue weighted by Crippen LogP contribution is -2.45. The molecule has 1 aromatic heterocycles. The van der Waals surface area contributed by atoms with Gasteiger partial charge in [0.2, 0.25) is 27.7 Å².